The number of rotatable bonds is 4. The van der Waals surface area contributed by atoms with Crippen molar-refractivity contribution >= 4 is 27.0 Å². The maximum Gasteiger partial charge on any atom is 0.232 e. The summed E-state index contributed by atoms with van der Waals surface area (Å²) in [5.41, 5.74) is 3.79. The van der Waals surface area contributed by atoms with Gasteiger partial charge in [-0.3, -0.25) is 4.31 Å². The lowest BCUT2D eigenvalue weighted by Crippen LogP contribution is -2.34. The molecular formula is C16H20N2O3S2. The van der Waals surface area contributed by atoms with Crippen molar-refractivity contribution in [3.05, 3.63) is 34.2 Å². The van der Waals surface area contributed by atoms with Gasteiger partial charge >= 0.3 is 0 Å². The van der Waals surface area contributed by atoms with E-state index < -0.39 is 10.0 Å². The average Bonchev–Trinajstić information content (AvgIpc) is 3.02. The molecular weight excluding hydrogens is 332 g/mol. The summed E-state index contributed by atoms with van der Waals surface area (Å²) < 4.78 is 30.6. The molecule has 1 aliphatic heterocycles. The molecule has 0 saturated heterocycles. The summed E-state index contributed by atoms with van der Waals surface area (Å²) in [5, 5.41) is 2.96. The van der Waals surface area contributed by atoms with Crippen molar-refractivity contribution in [2.75, 3.05) is 24.2 Å². The summed E-state index contributed by atoms with van der Waals surface area (Å²) >= 11 is 1.58. The predicted molar refractivity (Wildman–Crippen MR) is 93.5 cm³/mol. The van der Waals surface area contributed by atoms with E-state index in [2.05, 4.69) is 11.1 Å². The van der Waals surface area contributed by atoms with Crippen LogP contribution in [0.2, 0.25) is 0 Å². The van der Waals surface area contributed by atoms with E-state index in [1.165, 1.54) is 10.6 Å². The van der Waals surface area contributed by atoms with Crippen molar-refractivity contribution in [2.24, 2.45) is 0 Å². The van der Waals surface area contributed by atoms with E-state index in [-0.39, 0.29) is 6.10 Å². The number of ether oxygens (including phenoxy) is 1. The Balaban J connectivity index is 1.96. The largest absolute Gasteiger partial charge is 0.375 e. The molecule has 3 rings (SSSR count). The van der Waals surface area contributed by atoms with Crippen LogP contribution in [0.5, 0.6) is 0 Å². The molecule has 0 fully saturated rings. The fourth-order valence-electron chi connectivity index (χ4n) is 2.77. The van der Waals surface area contributed by atoms with Crippen LogP contribution in [0.3, 0.4) is 0 Å². The van der Waals surface area contributed by atoms with Gasteiger partial charge in [-0.15, -0.1) is 11.3 Å². The van der Waals surface area contributed by atoms with Crippen molar-refractivity contribution < 1.29 is 13.2 Å². The molecule has 0 spiro atoms. The number of methoxy groups -OCH3 is 1. The van der Waals surface area contributed by atoms with Crippen LogP contribution in [0, 0.1) is 0 Å². The van der Waals surface area contributed by atoms with E-state index in [0.29, 0.717) is 6.54 Å². The van der Waals surface area contributed by atoms with Crippen LogP contribution in [-0.4, -0.2) is 33.3 Å². The third-order valence-corrected chi connectivity index (χ3v) is 6.26. The first-order valence-electron chi connectivity index (χ1n) is 7.49. The quantitative estimate of drug-likeness (QED) is 0.848. The van der Waals surface area contributed by atoms with E-state index in [1.807, 2.05) is 24.4 Å². The molecule has 1 aromatic heterocycles. The summed E-state index contributed by atoms with van der Waals surface area (Å²) in [6.45, 7) is 2.52. The van der Waals surface area contributed by atoms with Crippen LogP contribution < -0.4 is 4.31 Å². The maximum absolute atomic E-state index is 11.9. The minimum atomic E-state index is -3.22. The number of hydrogen-bond donors (Lipinski definition) is 0. The van der Waals surface area contributed by atoms with E-state index in [1.54, 1.807) is 18.4 Å². The first kappa shape index (κ1) is 16.4. The Kier molecular flexibility index (Phi) is 4.44. The summed E-state index contributed by atoms with van der Waals surface area (Å²) in [4.78, 5) is 4.63. The third-order valence-electron chi connectivity index (χ3n) is 4.07. The highest BCUT2D eigenvalue weighted by Crippen LogP contribution is 2.34. The van der Waals surface area contributed by atoms with Gasteiger partial charge in [-0.25, -0.2) is 13.4 Å². The van der Waals surface area contributed by atoms with Crippen LogP contribution in [0.1, 0.15) is 30.0 Å². The number of benzene rings is 1. The van der Waals surface area contributed by atoms with Gasteiger partial charge in [0.2, 0.25) is 10.0 Å². The fraction of sp³-hybridized carbons (Fsp3) is 0.438. The number of sulfonamides is 1. The molecule has 23 heavy (non-hydrogen) atoms. The molecule has 0 aliphatic carbocycles. The second-order valence-electron chi connectivity index (χ2n) is 5.73. The average molecular weight is 352 g/mol. The highest BCUT2D eigenvalue weighted by Gasteiger charge is 2.24. The lowest BCUT2D eigenvalue weighted by Gasteiger charge is -2.29. The summed E-state index contributed by atoms with van der Waals surface area (Å²) in [6, 6.07) is 5.89. The molecule has 2 heterocycles. The number of hydrogen-bond acceptors (Lipinski definition) is 5. The van der Waals surface area contributed by atoms with Crippen LogP contribution in [-0.2, 0) is 21.2 Å². The Morgan fingerprint density at radius 2 is 2.17 bits per heavy atom. The molecule has 5 nitrogen and oxygen atoms in total. The van der Waals surface area contributed by atoms with Gasteiger partial charge in [-0.05, 0) is 37.5 Å². The van der Waals surface area contributed by atoms with E-state index >= 15 is 0 Å². The normalized spacial score (nSPS) is 16.2. The van der Waals surface area contributed by atoms with E-state index in [9.17, 15) is 8.42 Å². The molecule has 7 heteroatoms. The van der Waals surface area contributed by atoms with E-state index in [0.717, 1.165) is 40.4 Å². The Bertz CT molecular complexity index is 814. The monoisotopic (exact) mass is 352 g/mol. The van der Waals surface area contributed by atoms with Gasteiger partial charge < -0.3 is 4.74 Å². The first-order valence-corrected chi connectivity index (χ1v) is 10.2. The van der Waals surface area contributed by atoms with Crippen molar-refractivity contribution in [3.8, 4) is 11.3 Å². The molecule has 124 valence electrons. The predicted octanol–water partition coefficient (Wildman–Crippen LogP) is 3.23. The Morgan fingerprint density at radius 1 is 1.39 bits per heavy atom. The van der Waals surface area contributed by atoms with Gasteiger partial charge in [0.15, 0.2) is 0 Å². The molecule has 0 bridgehead atoms. The third kappa shape index (κ3) is 3.27. The summed E-state index contributed by atoms with van der Waals surface area (Å²) in [5.74, 6) is 0. The molecule has 2 aromatic rings. The zero-order valence-corrected chi connectivity index (χ0v) is 15.1. The molecule has 0 N–H and O–H groups in total. The van der Waals surface area contributed by atoms with Gasteiger partial charge in [0.25, 0.3) is 0 Å². The molecule has 0 amide bonds. The van der Waals surface area contributed by atoms with Crippen LogP contribution >= 0.6 is 11.3 Å². The number of anilines is 1. The number of fused-ring (bicyclic) bond motifs is 1. The minimum absolute atomic E-state index is 0.0212. The van der Waals surface area contributed by atoms with Crippen LogP contribution in [0.25, 0.3) is 11.3 Å². The first-order chi connectivity index (χ1) is 10.9. The topological polar surface area (TPSA) is 59.5 Å². The fourth-order valence-corrected chi connectivity index (χ4v) is 4.63. The molecule has 1 aromatic carbocycles. The van der Waals surface area contributed by atoms with Crippen molar-refractivity contribution in [3.63, 3.8) is 0 Å². The summed E-state index contributed by atoms with van der Waals surface area (Å²) in [6.07, 6.45) is 2.97. The van der Waals surface area contributed by atoms with Gasteiger partial charge in [-0.1, -0.05) is 6.07 Å². The SMILES string of the molecule is COC(C)c1nc(-c2ccc3c(c2)CCCN3S(C)(=O)=O)cs1. The maximum atomic E-state index is 11.9. The standard InChI is InChI=1S/C16H20N2O3S2/c1-11(21-2)16-17-14(10-22-16)12-6-7-15-13(9-12)5-4-8-18(15)23(3,19)20/h6-7,9-11H,4-5,8H2,1-3H3. The lowest BCUT2D eigenvalue weighted by molar-refractivity contribution is 0.119. The van der Waals surface area contributed by atoms with Gasteiger partial charge in [0.1, 0.15) is 11.1 Å². The zero-order chi connectivity index (χ0) is 16.6. The Labute approximate surface area is 141 Å². The van der Waals surface area contributed by atoms with E-state index in [4.69, 9.17) is 4.74 Å². The van der Waals surface area contributed by atoms with Gasteiger partial charge in [0, 0.05) is 24.6 Å². The number of nitrogens with zero attached hydrogens (tertiary/aromatic N) is 2. The van der Waals surface area contributed by atoms with Crippen molar-refractivity contribution in [2.45, 2.75) is 25.9 Å². The molecule has 1 atom stereocenters. The highest BCUT2D eigenvalue weighted by atomic mass is 32.2. The lowest BCUT2D eigenvalue weighted by atomic mass is 10.00. The zero-order valence-electron chi connectivity index (χ0n) is 13.4. The number of aromatic nitrogens is 1. The van der Waals surface area contributed by atoms with Crippen LogP contribution in [0.15, 0.2) is 23.6 Å². The summed E-state index contributed by atoms with van der Waals surface area (Å²) in [7, 11) is -1.55. The molecule has 1 aliphatic rings. The smallest absolute Gasteiger partial charge is 0.232 e. The van der Waals surface area contributed by atoms with Crippen molar-refractivity contribution in [1.82, 2.24) is 4.98 Å². The minimum Gasteiger partial charge on any atom is -0.375 e. The Morgan fingerprint density at radius 3 is 2.87 bits per heavy atom. The molecule has 1 unspecified atom stereocenters. The molecule has 0 saturated carbocycles. The highest BCUT2D eigenvalue weighted by molar-refractivity contribution is 7.92. The second kappa shape index (κ2) is 6.22. The van der Waals surface area contributed by atoms with Crippen LogP contribution in [0.4, 0.5) is 5.69 Å². The van der Waals surface area contributed by atoms with Gasteiger partial charge in [-0.2, -0.15) is 0 Å². The molecule has 0 radical (unpaired) electrons. The van der Waals surface area contributed by atoms with Gasteiger partial charge in [0.05, 0.1) is 17.6 Å². The number of thiazole rings is 1. The van der Waals surface area contributed by atoms with Crippen molar-refractivity contribution in [1.29, 1.82) is 0 Å². The number of aryl methyl sites for hydroxylation is 1. The Hall–Kier alpha value is -1.44. The second-order valence-corrected chi connectivity index (χ2v) is 8.53.